The van der Waals surface area contributed by atoms with Gasteiger partial charge in [0.25, 0.3) is 19.7 Å². The lowest BCUT2D eigenvalue weighted by atomic mass is 10.6. The van der Waals surface area contributed by atoms with Gasteiger partial charge in [-0.05, 0) is 0 Å². The normalized spacial score (nSPS) is 15.3. The maximum atomic E-state index is 12.1. The molecule has 0 aliphatic heterocycles. The van der Waals surface area contributed by atoms with Crippen molar-refractivity contribution in [1.82, 2.24) is 0 Å². The van der Waals surface area contributed by atoms with Crippen LogP contribution in [0.15, 0.2) is 0 Å². The average molecular weight is 377 g/mol. The van der Waals surface area contributed by atoms with E-state index in [2.05, 4.69) is 0 Å². The highest BCUT2D eigenvalue weighted by Crippen LogP contribution is 2.38. The lowest BCUT2D eigenvalue weighted by Gasteiger charge is -2.21. The Morgan fingerprint density at radius 2 is 1.05 bits per heavy atom. The van der Waals surface area contributed by atoms with Gasteiger partial charge in [-0.25, -0.2) is 16.8 Å². The summed E-state index contributed by atoms with van der Waals surface area (Å²) >= 11 is 9.77. The molecule has 0 heterocycles. The molecule has 0 aromatic heterocycles. The van der Waals surface area contributed by atoms with E-state index in [1.54, 1.807) is 0 Å². The first kappa shape index (κ1) is 19.1. The van der Waals surface area contributed by atoms with Crippen molar-refractivity contribution in [1.29, 1.82) is 0 Å². The van der Waals surface area contributed by atoms with E-state index in [-0.39, 0.29) is 0 Å². The van der Waals surface area contributed by atoms with Gasteiger partial charge < -0.3 is 0 Å². The second-order valence-electron chi connectivity index (χ2n) is 3.04. The smallest absolute Gasteiger partial charge is 0.218 e. The summed E-state index contributed by atoms with van der Waals surface area (Å²) in [6.07, 6.45) is -1.77. The molecule has 0 amide bonds. The van der Waals surface area contributed by atoms with Gasteiger partial charge in [0.2, 0.25) is 0 Å². The van der Waals surface area contributed by atoms with Crippen molar-refractivity contribution in [2.75, 3.05) is 0 Å². The van der Waals surface area contributed by atoms with E-state index in [9.17, 15) is 43.2 Å². The van der Waals surface area contributed by atoms with E-state index in [0.29, 0.717) is 0 Å². The van der Waals surface area contributed by atoms with Crippen LogP contribution in [0.4, 0.5) is 26.3 Å². The van der Waals surface area contributed by atoms with Crippen LogP contribution in [0.25, 0.3) is 0 Å². The van der Waals surface area contributed by atoms with E-state index in [0.717, 1.165) is 0 Å². The maximum absolute atomic E-state index is 12.1. The Morgan fingerprint density at radius 1 is 0.789 bits per heavy atom. The van der Waals surface area contributed by atoms with E-state index in [1.165, 1.54) is 0 Å². The van der Waals surface area contributed by atoms with Gasteiger partial charge in [0, 0.05) is 6.42 Å². The fraction of sp³-hybridized carbons (Fsp3) is 1.00. The molecule has 0 aromatic carbocycles. The van der Waals surface area contributed by atoms with Gasteiger partial charge in [-0.15, -0.1) is 23.2 Å². The molecule has 0 aliphatic carbocycles. The zero-order chi connectivity index (χ0) is 15.9. The lowest BCUT2D eigenvalue weighted by Crippen LogP contribution is -2.45. The number of hydrogen-bond acceptors (Lipinski definition) is 4. The van der Waals surface area contributed by atoms with Crippen LogP contribution in [0, 0.1) is 0 Å². The Labute approximate surface area is 113 Å². The predicted molar refractivity (Wildman–Crippen MR) is 53.8 cm³/mol. The minimum absolute atomic E-state index is 1.77. The van der Waals surface area contributed by atoms with Crippen LogP contribution >= 0.6 is 23.2 Å². The zero-order valence-corrected chi connectivity index (χ0v) is 11.5. The SMILES string of the molecule is O=S(=O)(C(CC(Cl)Cl)S(=O)(=O)C(F)(F)F)C(F)(F)F. The molecule has 0 atom stereocenters. The molecule has 0 bridgehead atoms. The van der Waals surface area contributed by atoms with E-state index in [1.807, 2.05) is 0 Å². The minimum Gasteiger partial charge on any atom is -0.218 e. The Kier molecular flexibility index (Phi) is 5.47. The summed E-state index contributed by atoms with van der Waals surface area (Å²) in [5, 5.41) is 0. The summed E-state index contributed by atoms with van der Waals surface area (Å²) in [4.78, 5) is -2.06. The third-order valence-electron chi connectivity index (χ3n) is 1.71. The van der Waals surface area contributed by atoms with Crippen LogP contribution in [0.3, 0.4) is 0 Å². The van der Waals surface area contributed by atoms with Crippen LogP contribution in [0.1, 0.15) is 6.42 Å². The first-order valence-electron chi connectivity index (χ1n) is 3.93. The number of rotatable bonds is 4. The lowest BCUT2D eigenvalue weighted by molar-refractivity contribution is -0.0472. The molecule has 19 heavy (non-hydrogen) atoms. The summed E-state index contributed by atoms with van der Waals surface area (Å²) in [5.74, 6) is 0. The van der Waals surface area contributed by atoms with Gasteiger partial charge in [-0.2, -0.15) is 26.3 Å². The summed E-state index contributed by atoms with van der Waals surface area (Å²) < 4.78 is 112. The van der Waals surface area contributed by atoms with E-state index < -0.39 is 46.5 Å². The number of sulfone groups is 2. The molecule has 0 N–H and O–H groups in total. The van der Waals surface area contributed by atoms with Gasteiger partial charge in [0.15, 0.2) is 4.58 Å². The molecular weight excluding hydrogens is 373 g/mol. The van der Waals surface area contributed by atoms with Crippen LogP contribution in [-0.4, -0.2) is 37.3 Å². The summed E-state index contributed by atoms with van der Waals surface area (Å²) in [6, 6.07) is 0. The monoisotopic (exact) mass is 376 g/mol. The molecule has 14 heteroatoms. The fourth-order valence-corrected chi connectivity index (χ4v) is 5.12. The molecule has 0 unspecified atom stereocenters. The minimum atomic E-state index is -6.65. The molecule has 4 nitrogen and oxygen atoms in total. The van der Waals surface area contributed by atoms with Gasteiger partial charge in [0.1, 0.15) is 4.84 Å². The second kappa shape index (κ2) is 5.45. The molecule has 0 radical (unpaired) electrons. The van der Waals surface area contributed by atoms with Crippen molar-refractivity contribution >= 4 is 42.9 Å². The van der Waals surface area contributed by atoms with Crippen molar-refractivity contribution in [2.45, 2.75) is 26.9 Å². The van der Waals surface area contributed by atoms with Gasteiger partial charge in [-0.3, -0.25) is 0 Å². The summed E-state index contributed by atoms with van der Waals surface area (Å²) in [5.41, 5.74) is -12.4. The Balaban J connectivity index is 6.05. The van der Waals surface area contributed by atoms with E-state index >= 15 is 0 Å². The quantitative estimate of drug-likeness (QED) is 0.557. The summed E-state index contributed by atoms with van der Waals surface area (Å²) in [7, 11) is -13.3. The molecule has 0 spiro atoms. The third kappa shape index (κ3) is 4.02. The number of hydrogen-bond donors (Lipinski definition) is 0. The highest BCUT2D eigenvalue weighted by Gasteiger charge is 2.62. The van der Waals surface area contributed by atoms with E-state index in [4.69, 9.17) is 23.2 Å². The molecule has 0 aromatic rings. The molecule has 0 aliphatic rings. The molecule has 116 valence electrons. The Hall–Kier alpha value is 0.0600. The second-order valence-corrected chi connectivity index (χ2v) is 8.86. The first-order valence-corrected chi connectivity index (χ1v) is 7.90. The molecular formula is C5H4Cl2F6O4S2. The zero-order valence-electron chi connectivity index (χ0n) is 8.34. The van der Waals surface area contributed by atoms with Crippen molar-refractivity contribution in [3.05, 3.63) is 0 Å². The van der Waals surface area contributed by atoms with Crippen LogP contribution in [0.5, 0.6) is 0 Å². The average Bonchev–Trinajstić information content (AvgIpc) is 2.09. The number of alkyl halides is 8. The highest BCUT2D eigenvalue weighted by atomic mass is 35.5. The standard InChI is InChI=1S/C5H4Cl2F6O4S2/c6-2(7)1-3(18(14,15)4(8,9)10)19(16,17)5(11,12)13/h2-3H,1H2. The topological polar surface area (TPSA) is 68.3 Å². The first-order chi connectivity index (χ1) is 8.05. The number of halogens is 8. The Bertz CT molecular complexity index is 475. The predicted octanol–water partition coefficient (Wildman–Crippen LogP) is 2.38. The van der Waals surface area contributed by atoms with Crippen LogP contribution in [-0.2, 0) is 19.7 Å². The van der Waals surface area contributed by atoms with Crippen LogP contribution < -0.4 is 0 Å². The highest BCUT2D eigenvalue weighted by molar-refractivity contribution is 8.09. The Morgan fingerprint density at radius 3 is 1.21 bits per heavy atom. The summed E-state index contributed by atoms with van der Waals surface area (Å²) in [6.45, 7) is 0. The largest absolute Gasteiger partial charge is 0.498 e. The van der Waals surface area contributed by atoms with Gasteiger partial charge in [0.05, 0.1) is 0 Å². The van der Waals surface area contributed by atoms with Crippen molar-refractivity contribution in [2.24, 2.45) is 0 Å². The van der Waals surface area contributed by atoms with Crippen LogP contribution in [0.2, 0.25) is 0 Å². The van der Waals surface area contributed by atoms with Gasteiger partial charge in [-0.1, -0.05) is 0 Å². The van der Waals surface area contributed by atoms with Crippen molar-refractivity contribution in [3.63, 3.8) is 0 Å². The third-order valence-corrected chi connectivity index (χ3v) is 6.64. The molecule has 0 fully saturated rings. The molecule has 0 saturated carbocycles. The van der Waals surface area contributed by atoms with Crippen molar-refractivity contribution in [3.8, 4) is 0 Å². The fourth-order valence-electron chi connectivity index (χ4n) is 0.864. The maximum Gasteiger partial charge on any atom is 0.498 e. The van der Waals surface area contributed by atoms with Gasteiger partial charge >= 0.3 is 11.0 Å². The molecule has 0 rings (SSSR count). The molecule has 0 saturated heterocycles. The van der Waals surface area contributed by atoms with Crippen molar-refractivity contribution < 1.29 is 43.2 Å².